The van der Waals surface area contributed by atoms with Gasteiger partial charge in [0.25, 0.3) is 0 Å². The number of nitrogens with zero attached hydrogens (tertiary/aromatic N) is 1. The van der Waals surface area contributed by atoms with Crippen molar-refractivity contribution in [2.24, 2.45) is 5.92 Å². The van der Waals surface area contributed by atoms with Crippen LogP contribution < -0.4 is 5.32 Å². The number of benzene rings is 3. The summed E-state index contributed by atoms with van der Waals surface area (Å²) >= 11 is 0. The zero-order valence-electron chi connectivity index (χ0n) is 17.3. The number of carbonyl (C=O) groups is 2. The molecule has 3 aromatic rings. The van der Waals surface area contributed by atoms with Crippen molar-refractivity contribution in [1.82, 2.24) is 10.2 Å². The van der Waals surface area contributed by atoms with Crippen LogP contribution in [0.2, 0.25) is 0 Å². The topological polar surface area (TPSA) is 49.4 Å². The quantitative estimate of drug-likeness (QED) is 0.687. The molecule has 1 N–H and O–H groups in total. The molecule has 0 saturated carbocycles. The minimum Gasteiger partial charge on any atom is -0.354 e. The highest BCUT2D eigenvalue weighted by molar-refractivity contribution is 5.83. The molecule has 0 spiro atoms. The summed E-state index contributed by atoms with van der Waals surface area (Å²) in [5.41, 5.74) is 3.88. The first-order chi connectivity index (χ1) is 15.1. The van der Waals surface area contributed by atoms with Crippen molar-refractivity contribution in [3.8, 4) is 11.1 Å². The van der Waals surface area contributed by atoms with Gasteiger partial charge in [0.2, 0.25) is 11.8 Å². The van der Waals surface area contributed by atoms with Crippen molar-refractivity contribution in [3.63, 3.8) is 0 Å². The Balaban J connectivity index is 1.47. The summed E-state index contributed by atoms with van der Waals surface area (Å²) in [5.74, 6) is -0.573. The van der Waals surface area contributed by atoms with Crippen LogP contribution in [0.3, 0.4) is 0 Å². The fourth-order valence-corrected chi connectivity index (χ4v) is 3.97. The molecule has 0 bridgehead atoms. The lowest BCUT2D eigenvalue weighted by molar-refractivity contribution is -0.131. The van der Waals surface area contributed by atoms with Crippen molar-refractivity contribution in [2.75, 3.05) is 19.6 Å². The van der Waals surface area contributed by atoms with Crippen LogP contribution in [0, 0.1) is 11.7 Å². The molecule has 0 unspecified atom stereocenters. The molecule has 31 heavy (non-hydrogen) atoms. The van der Waals surface area contributed by atoms with Gasteiger partial charge in [0, 0.05) is 19.6 Å². The lowest BCUT2D eigenvalue weighted by Gasteiger charge is -2.23. The van der Waals surface area contributed by atoms with E-state index in [1.54, 1.807) is 17.0 Å². The molecular weight excluding hydrogens is 391 g/mol. The van der Waals surface area contributed by atoms with E-state index in [2.05, 4.69) is 5.32 Å². The maximum Gasteiger partial charge on any atom is 0.227 e. The molecule has 0 radical (unpaired) electrons. The summed E-state index contributed by atoms with van der Waals surface area (Å²) in [5, 5.41) is 2.94. The Labute approximate surface area is 181 Å². The second-order valence-electron chi connectivity index (χ2n) is 7.90. The molecule has 2 amide bonds. The molecule has 1 fully saturated rings. The smallest absolute Gasteiger partial charge is 0.227 e. The second-order valence-corrected chi connectivity index (χ2v) is 7.90. The zero-order chi connectivity index (χ0) is 21.6. The molecule has 1 atom stereocenters. The average Bonchev–Trinajstić information content (AvgIpc) is 2.97. The maximum atomic E-state index is 13.2. The zero-order valence-corrected chi connectivity index (χ0v) is 17.3. The number of nitrogens with one attached hydrogen (secondary N) is 1. The molecule has 3 aromatic carbocycles. The van der Waals surface area contributed by atoms with Gasteiger partial charge in [-0.15, -0.1) is 0 Å². The fraction of sp³-hybridized carbons (Fsp3) is 0.231. The van der Waals surface area contributed by atoms with Crippen molar-refractivity contribution < 1.29 is 14.0 Å². The third-order valence-corrected chi connectivity index (χ3v) is 5.63. The molecule has 4 rings (SSSR count). The third kappa shape index (κ3) is 5.37. The van der Waals surface area contributed by atoms with Gasteiger partial charge < -0.3 is 10.2 Å². The normalized spacial score (nSPS) is 16.5. The minimum atomic E-state index is -0.314. The number of hydrogen-bond donors (Lipinski definition) is 1. The van der Waals surface area contributed by atoms with Crippen LogP contribution in [-0.4, -0.2) is 36.3 Å². The highest BCUT2D eigenvalue weighted by Crippen LogP contribution is 2.23. The Morgan fingerprint density at radius 1 is 0.935 bits per heavy atom. The van der Waals surface area contributed by atoms with Crippen LogP contribution in [0.15, 0.2) is 78.9 Å². The summed E-state index contributed by atoms with van der Waals surface area (Å²) in [4.78, 5) is 27.3. The molecule has 1 saturated heterocycles. The number of rotatable bonds is 5. The number of halogens is 1. The van der Waals surface area contributed by atoms with Gasteiger partial charge in [0.1, 0.15) is 5.82 Å². The Kier molecular flexibility index (Phi) is 6.41. The van der Waals surface area contributed by atoms with E-state index in [4.69, 9.17) is 0 Å². The van der Waals surface area contributed by atoms with Crippen molar-refractivity contribution in [3.05, 3.63) is 95.8 Å². The monoisotopic (exact) mass is 416 g/mol. The van der Waals surface area contributed by atoms with Crippen molar-refractivity contribution in [2.45, 2.75) is 12.8 Å². The molecule has 1 heterocycles. The number of hydrogen-bond acceptors (Lipinski definition) is 2. The lowest BCUT2D eigenvalue weighted by Crippen LogP contribution is -2.38. The summed E-state index contributed by atoms with van der Waals surface area (Å²) < 4.78 is 13.2. The van der Waals surface area contributed by atoms with E-state index < -0.39 is 0 Å². The standard InChI is InChI=1S/C26H25FN2O2/c27-24-11-9-21(10-12-24)22-8-4-7-20(15-22)16-23-18-29(14-13-28-26(23)31)25(30)17-19-5-2-1-3-6-19/h1-12,15,23H,13-14,16-18H2,(H,28,31)/t23-/m0/s1. The number of carbonyl (C=O) groups excluding carboxylic acids is 2. The second kappa shape index (κ2) is 9.56. The summed E-state index contributed by atoms with van der Waals surface area (Å²) in [6.45, 7) is 1.38. The van der Waals surface area contributed by atoms with Gasteiger partial charge in [-0.1, -0.05) is 66.7 Å². The van der Waals surface area contributed by atoms with Crippen molar-refractivity contribution >= 4 is 11.8 Å². The first-order valence-electron chi connectivity index (χ1n) is 10.5. The van der Waals surface area contributed by atoms with Crippen LogP contribution in [0.1, 0.15) is 11.1 Å². The van der Waals surface area contributed by atoms with Gasteiger partial charge in [0.05, 0.1) is 12.3 Å². The third-order valence-electron chi connectivity index (χ3n) is 5.63. The molecule has 0 aliphatic carbocycles. The molecule has 5 heteroatoms. The summed E-state index contributed by atoms with van der Waals surface area (Å²) in [6.07, 6.45) is 0.873. The van der Waals surface area contributed by atoms with Crippen LogP contribution in [0.25, 0.3) is 11.1 Å². The van der Waals surface area contributed by atoms with E-state index >= 15 is 0 Å². The minimum absolute atomic E-state index is 0.0257. The maximum absolute atomic E-state index is 13.2. The highest BCUT2D eigenvalue weighted by Gasteiger charge is 2.27. The fourth-order valence-electron chi connectivity index (χ4n) is 3.97. The Morgan fingerprint density at radius 3 is 2.45 bits per heavy atom. The average molecular weight is 416 g/mol. The molecule has 158 valence electrons. The van der Waals surface area contributed by atoms with Gasteiger partial charge in [-0.3, -0.25) is 9.59 Å². The molecule has 0 aromatic heterocycles. The first kappa shape index (κ1) is 20.8. The Morgan fingerprint density at radius 2 is 1.68 bits per heavy atom. The van der Waals surface area contributed by atoms with Gasteiger partial charge in [-0.2, -0.15) is 0 Å². The Bertz CT molecular complexity index is 1050. The van der Waals surface area contributed by atoms with Crippen LogP contribution in [0.5, 0.6) is 0 Å². The predicted molar refractivity (Wildman–Crippen MR) is 119 cm³/mol. The van der Waals surface area contributed by atoms with E-state index in [-0.39, 0.29) is 23.5 Å². The Hall–Kier alpha value is -3.47. The van der Waals surface area contributed by atoms with Crippen LogP contribution in [0.4, 0.5) is 4.39 Å². The van der Waals surface area contributed by atoms with Crippen molar-refractivity contribution in [1.29, 1.82) is 0 Å². The molecule has 1 aliphatic heterocycles. The van der Waals surface area contributed by atoms with Gasteiger partial charge >= 0.3 is 0 Å². The van der Waals surface area contributed by atoms with E-state index in [9.17, 15) is 14.0 Å². The van der Waals surface area contributed by atoms with E-state index in [1.807, 2.05) is 54.6 Å². The first-order valence-corrected chi connectivity index (χ1v) is 10.5. The molecule has 1 aliphatic rings. The SMILES string of the molecule is O=C1NCCN(C(=O)Cc2ccccc2)C[C@@H]1Cc1cccc(-c2ccc(F)cc2)c1. The summed E-state index contributed by atoms with van der Waals surface area (Å²) in [7, 11) is 0. The van der Waals surface area contributed by atoms with E-state index in [0.717, 1.165) is 22.3 Å². The van der Waals surface area contributed by atoms with Gasteiger partial charge in [-0.25, -0.2) is 4.39 Å². The predicted octanol–water partition coefficient (Wildman–Crippen LogP) is 3.85. The highest BCUT2D eigenvalue weighted by atomic mass is 19.1. The van der Waals surface area contributed by atoms with E-state index in [0.29, 0.717) is 32.5 Å². The number of amides is 2. The summed E-state index contributed by atoms with van der Waals surface area (Å²) in [6, 6.07) is 24.0. The van der Waals surface area contributed by atoms with Crippen LogP contribution >= 0.6 is 0 Å². The van der Waals surface area contributed by atoms with Crippen LogP contribution in [-0.2, 0) is 22.4 Å². The molecular formula is C26H25FN2O2. The van der Waals surface area contributed by atoms with Gasteiger partial charge in [0.15, 0.2) is 0 Å². The van der Waals surface area contributed by atoms with Gasteiger partial charge in [-0.05, 0) is 40.8 Å². The van der Waals surface area contributed by atoms with E-state index in [1.165, 1.54) is 12.1 Å². The lowest BCUT2D eigenvalue weighted by atomic mass is 9.95. The largest absolute Gasteiger partial charge is 0.354 e. The molecule has 4 nitrogen and oxygen atoms in total.